The van der Waals surface area contributed by atoms with Crippen molar-refractivity contribution in [2.45, 2.75) is 345 Å². The summed E-state index contributed by atoms with van der Waals surface area (Å²) in [5.74, 6) is -7.30. The lowest BCUT2D eigenvalue weighted by Gasteiger charge is -2.51. The second kappa shape index (κ2) is 45.3. The highest BCUT2D eigenvalue weighted by Gasteiger charge is 2.64. The van der Waals surface area contributed by atoms with Crippen LogP contribution in [0, 0.1) is 0 Å². The van der Waals surface area contributed by atoms with Gasteiger partial charge in [0.2, 0.25) is 11.8 Å². The number of nitrogens with one attached hydrogen (secondary N) is 2. The largest absolute Gasteiger partial charge is 0.477 e. The molecule has 10 rings (SSSR count). The number of carbonyl (C=O) groups is 3. The Hall–Kier alpha value is -3.67. The number of carboxylic acid groups (broad SMARTS) is 1. The van der Waals surface area contributed by atoms with E-state index >= 15 is 0 Å². The van der Waals surface area contributed by atoms with E-state index in [1.54, 1.807) is 0 Å². The molecule has 127 heavy (non-hydrogen) atoms. The molecular formula is C69H116N2O56. The van der Waals surface area contributed by atoms with Crippen LogP contribution in [0.5, 0.6) is 0 Å². The molecule has 0 unspecified atom stereocenters. The van der Waals surface area contributed by atoms with Crippen molar-refractivity contribution in [2.24, 2.45) is 0 Å². The van der Waals surface area contributed by atoms with Gasteiger partial charge in [-0.1, -0.05) is 0 Å². The van der Waals surface area contributed by atoms with Gasteiger partial charge in [0.15, 0.2) is 56.6 Å². The fourth-order valence-electron chi connectivity index (χ4n) is 16.2. The topological polar surface area (TPSA) is 938 Å². The van der Waals surface area contributed by atoms with E-state index in [0.29, 0.717) is 0 Å². The summed E-state index contributed by atoms with van der Waals surface area (Å²) in [6.07, 6.45) is -112. The maximum Gasteiger partial charge on any atom is 0.364 e. The number of ether oxygens (including phenoxy) is 19. The highest BCUT2D eigenvalue weighted by Crippen LogP contribution is 2.43. The quantitative estimate of drug-likeness (QED) is 0.0280. The zero-order valence-electron chi connectivity index (χ0n) is 67.0. The van der Waals surface area contributed by atoms with Crippen LogP contribution in [-0.2, 0) is 104 Å². The monoisotopic (exact) mass is 1870 g/mol. The highest BCUT2D eigenvalue weighted by atomic mass is 16.8. The number of aliphatic hydroxyl groups excluding tert-OH is 32. The molecule has 58 heteroatoms. The predicted octanol–water partition coefficient (Wildman–Crippen LogP) is -24.6. The second-order valence-corrected chi connectivity index (χ2v) is 31.9. The van der Waals surface area contributed by atoms with Crippen LogP contribution in [-0.4, -0.2) is 582 Å². The smallest absolute Gasteiger partial charge is 0.364 e. The number of hydrogen-bond acceptors (Lipinski definition) is 55. The number of rotatable bonds is 35. The summed E-state index contributed by atoms with van der Waals surface area (Å²) >= 11 is 0. The Labute approximate surface area is 715 Å². The van der Waals surface area contributed by atoms with Crippen molar-refractivity contribution >= 4 is 17.8 Å². The second-order valence-electron chi connectivity index (χ2n) is 31.9. The van der Waals surface area contributed by atoms with Crippen molar-refractivity contribution in [3.63, 3.8) is 0 Å². The van der Waals surface area contributed by atoms with Crippen LogP contribution in [0.1, 0.15) is 20.3 Å². The first-order valence-corrected chi connectivity index (χ1v) is 40.0. The summed E-state index contributed by atoms with van der Waals surface area (Å²) in [7, 11) is 0. The average Bonchev–Trinajstić information content (AvgIpc) is 0.753. The first-order valence-electron chi connectivity index (χ1n) is 40.0. The maximum atomic E-state index is 13.0. The van der Waals surface area contributed by atoms with Crippen LogP contribution >= 0.6 is 0 Å². The number of aliphatic carboxylic acids is 1. The molecule has 2 amide bonds. The van der Waals surface area contributed by atoms with Gasteiger partial charge in [-0.05, 0) is 0 Å². The number of carboxylic acids is 1. The predicted molar refractivity (Wildman–Crippen MR) is 382 cm³/mol. The number of amides is 2. The zero-order valence-corrected chi connectivity index (χ0v) is 67.0. The first-order chi connectivity index (χ1) is 59.9. The van der Waals surface area contributed by atoms with Crippen molar-refractivity contribution in [3.8, 4) is 0 Å². The van der Waals surface area contributed by atoms with Crippen molar-refractivity contribution in [1.29, 1.82) is 0 Å². The average molecular weight is 1870 g/mol. The lowest BCUT2D eigenvalue weighted by molar-refractivity contribution is -0.406. The maximum absolute atomic E-state index is 13.0. The Morgan fingerprint density at radius 3 is 1.05 bits per heavy atom. The highest BCUT2D eigenvalue weighted by molar-refractivity contribution is 5.75. The van der Waals surface area contributed by atoms with E-state index in [1.807, 2.05) is 0 Å². The zero-order chi connectivity index (χ0) is 93.9. The minimum absolute atomic E-state index is 0.899. The van der Waals surface area contributed by atoms with Crippen molar-refractivity contribution < 1.29 is 278 Å². The van der Waals surface area contributed by atoms with Crippen LogP contribution in [0.3, 0.4) is 0 Å². The van der Waals surface area contributed by atoms with Crippen LogP contribution < -0.4 is 10.6 Å². The molecule has 0 saturated carbocycles. The fourth-order valence-corrected chi connectivity index (χ4v) is 16.2. The molecule has 0 bridgehead atoms. The van der Waals surface area contributed by atoms with Crippen LogP contribution in [0.4, 0.5) is 0 Å². The summed E-state index contributed by atoms with van der Waals surface area (Å²) in [6.45, 7) is -10.1. The summed E-state index contributed by atoms with van der Waals surface area (Å²) in [5.41, 5.74) is 0. The number of hydrogen-bond donors (Lipinski definition) is 36. The number of carbonyl (C=O) groups excluding carboxylic acids is 2. The molecule has 10 heterocycles. The Kier molecular flexibility index (Phi) is 37.6. The van der Waals surface area contributed by atoms with Crippen molar-refractivity contribution in [1.82, 2.24) is 10.6 Å². The van der Waals surface area contributed by atoms with Crippen LogP contribution in [0.15, 0.2) is 0 Å². The van der Waals surface area contributed by atoms with E-state index in [-0.39, 0.29) is 0 Å². The third-order valence-electron chi connectivity index (χ3n) is 23.2. The van der Waals surface area contributed by atoms with Gasteiger partial charge < -0.3 is 274 Å². The molecule has 0 spiro atoms. The van der Waals surface area contributed by atoms with E-state index in [2.05, 4.69) is 10.6 Å². The lowest BCUT2D eigenvalue weighted by Crippen LogP contribution is -2.71. The van der Waals surface area contributed by atoms with Crippen LogP contribution in [0.2, 0.25) is 0 Å². The van der Waals surface area contributed by atoms with Gasteiger partial charge in [0.05, 0.1) is 72.2 Å². The van der Waals surface area contributed by atoms with E-state index in [4.69, 9.17) is 90.0 Å². The Bertz CT molecular complexity index is 3400. The number of aliphatic hydroxyl groups is 33. The van der Waals surface area contributed by atoms with E-state index in [0.717, 1.165) is 13.8 Å². The van der Waals surface area contributed by atoms with Gasteiger partial charge in [-0.3, -0.25) is 9.59 Å². The molecule has 0 radical (unpaired) electrons. The molecule has 10 fully saturated rings. The molecule has 10 saturated heterocycles. The summed E-state index contributed by atoms with van der Waals surface area (Å²) in [4.78, 5) is 37.7. The third kappa shape index (κ3) is 22.7. The fraction of sp³-hybridized carbons (Fsp3) is 0.957. The molecule has 53 atom stereocenters. The summed E-state index contributed by atoms with van der Waals surface area (Å²) in [6, 6.07) is -3.85. The van der Waals surface area contributed by atoms with Gasteiger partial charge in [-0.15, -0.1) is 0 Å². The Morgan fingerprint density at radius 2 is 0.614 bits per heavy atom. The first kappa shape index (κ1) is 105. The molecule has 36 N–H and O–H groups in total. The molecule has 10 aliphatic heterocycles. The molecule has 0 aromatic heterocycles. The molecule has 10 aliphatic rings. The van der Waals surface area contributed by atoms with E-state index < -0.39 is 415 Å². The molecule has 0 aromatic rings. The minimum atomic E-state index is -3.28. The molecule has 0 aromatic carbocycles. The van der Waals surface area contributed by atoms with Gasteiger partial charge in [0.25, 0.3) is 5.79 Å². The SMILES string of the molecule is CC(=O)N[C@H]1[C@H](O[C@H]2[C@@H](O)[C@@H](CO)O[C@@H](O[C@H]3[C@H](O)[C@@H](NC(C)=O)[C@H](O[C@@H]4[C@@H](O)[C@@H](CO)O[C@@H](O[C@H]5[C@H](O)[C@H](O)[C@@H](OC[C@H]6O[C@@H](O[C@H]7[C@H](O[C@H]8O[C@H]([C@@H](O)CO)[C@@H](O)[C@H](O)[C@@H]8O)[C@H](O)[C@@H](O[C@H]8[C@@H]([C@H](O)CO)O[C@@](O)(C(=O)O)C[C@H]8O)O[C@@H]7[C@@H](O)CO)[C@H](O)[C@@H](O)[C@@H]6O)O[C@@H]5[C@H](O)CO)[C@@H]4O)O[C@@H]3CO)[C@@H]2O)O[C@H](CO)[C@@H](O[C@@H]2O[C@H](CO)[C@H](O)[C@H](O)[C@H]2O)[C@@H]1O. The van der Waals surface area contributed by atoms with E-state index in [1.165, 1.54) is 0 Å². The minimum Gasteiger partial charge on any atom is -0.477 e. The summed E-state index contributed by atoms with van der Waals surface area (Å²) < 4.78 is 110. The van der Waals surface area contributed by atoms with Gasteiger partial charge in [0.1, 0.15) is 256 Å². The standard InChI is InChI=1S/C69H116N2O56/c1-14(81)70-27-33(92)52(120-62-40(99)35(94)29(88)21(8-76)110-62)24(11-79)113-59(27)122-54-31(90)22(9-77)111-65(44(54)103)121-53-25(12-80)114-60(28(34(53)93)71-15(2)82)123-55-32(91)23(10-78)112-66(45(55)104)124-56-39(98)43(102)61(117-49(56)18(85)5-73)109-13-26-30(89)36(95)41(100)63(115-26)126-58-50(19(86)6-74)119-67(118-48-16(83)3-69(108,68(106)107)127-51(48)20(87)7-75)46(105)57(58)125-64-42(101)37(96)38(97)47(116-64)17(84)4-72/h16-67,72-80,83-105,108H,3-13H2,1-2H3,(H,70,81)(H,71,82)(H,106,107)/t16-,17+,18-,19+,20-,21-,22-,23-,24-,25-,26-,27-,28-,29+,30-,31+,32+,33-,34-,35+,36+,37+,38+,39-,40-,41-,42+,43+,44-,45-,46+,47-,48-,49-,50-,51-,52-,53-,54+,55-,56+,57-,58-,59+,60+,61+,62+,63+,64-,65+,66+,67+,69-/m1/s1. The summed E-state index contributed by atoms with van der Waals surface area (Å²) in [5, 5.41) is 378. The lowest BCUT2D eigenvalue weighted by atomic mass is 9.91. The molecule has 738 valence electrons. The van der Waals surface area contributed by atoms with Crippen molar-refractivity contribution in [3.05, 3.63) is 0 Å². The Morgan fingerprint density at radius 1 is 0.307 bits per heavy atom. The third-order valence-corrected chi connectivity index (χ3v) is 23.2. The van der Waals surface area contributed by atoms with Gasteiger partial charge in [-0.2, -0.15) is 0 Å². The van der Waals surface area contributed by atoms with Gasteiger partial charge >= 0.3 is 5.97 Å². The normalized spacial score (nSPS) is 49.3. The van der Waals surface area contributed by atoms with Gasteiger partial charge in [-0.25, -0.2) is 4.79 Å². The van der Waals surface area contributed by atoms with Gasteiger partial charge in [0, 0.05) is 20.3 Å². The molecule has 0 aliphatic carbocycles. The van der Waals surface area contributed by atoms with Crippen molar-refractivity contribution in [2.75, 3.05) is 66.1 Å². The molecular weight excluding hydrogens is 1750 g/mol. The van der Waals surface area contributed by atoms with Crippen LogP contribution in [0.25, 0.3) is 0 Å². The Balaban J connectivity index is 0.835. The molecule has 58 nitrogen and oxygen atoms in total. The van der Waals surface area contributed by atoms with E-state index in [9.17, 15) is 188 Å².